The van der Waals surface area contributed by atoms with Crippen molar-refractivity contribution in [3.8, 4) is 11.8 Å². The van der Waals surface area contributed by atoms with Gasteiger partial charge < -0.3 is 16.0 Å². The molecule has 1 aromatic carbocycles. The van der Waals surface area contributed by atoms with E-state index in [1.807, 2.05) is 21.0 Å². The molecule has 1 rings (SSSR count). The molecule has 1 atom stereocenters. The molecule has 0 aliphatic rings. The summed E-state index contributed by atoms with van der Waals surface area (Å²) in [7, 11) is 4.08. The van der Waals surface area contributed by atoms with Gasteiger partial charge in [0.25, 0.3) is 0 Å². The van der Waals surface area contributed by atoms with E-state index in [9.17, 15) is 0 Å². The number of rotatable bonds is 6. The lowest BCUT2D eigenvalue weighted by molar-refractivity contribution is 0.550. The first kappa shape index (κ1) is 14.6. The van der Waals surface area contributed by atoms with Gasteiger partial charge in [0.2, 0.25) is 0 Å². The van der Waals surface area contributed by atoms with Gasteiger partial charge in [-0.2, -0.15) is 0 Å². The molecule has 3 heteroatoms. The molecule has 1 unspecified atom stereocenters. The van der Waals surface area contributed by atoms with Crippen molar-refractivity contribution in [2.45, 2.75) is 19.4 Å². The zero-order valence-electron chi connectivity index (χ0n) is 11.5. The molecule has 0 saturated heterocycles. The van der Waals surface area contributed by atoms with Gasteiger partial charge in [0.15, 0.2) is 0 Å². The van der Waals surface area contributed by atoms with E-state index in [0.29, 0.717) is 6.54 Å². The quantitative estimate of drug-likeness (QED) is 0.593. The maximum absolute atomic E-state index is 5.81. The van der Waals surface area contributed by atoms with Crippen molar-refractivity contribution in [3.05, 3.63) is 29.8 Å². The lowest BCUT2D eigenvalue weighted by atomic mass is 10.1. The van der Waals surface area contributed by atoms with Gasteiger partial charge in [0.1, 0.15) is 0 Å². The van der Waals surface area contributed by atoms with Gasteiger partial charge in [-0.05, 0) is 24.6 Å². The predicted octanol–water partition coefficient (Wildman–Crippen LogP) is 1.76. The fraction of sp³-hybridized carbons (Fsp3) is 0.467. The molecule has 18 heavy (non-hydrogen) atoms. The largest absolute Gasteiger partial charge is 0.378 e. The number of nitrogens with two attached hydrogens (primary N) is 1. The smallest absolute Gasteiger partial charge is 0.0444 e. The minimum atomic E-state index is 0.208. The van der Waals surface area contributed by atoms with Gasteiger partial charge in [0, 0.05) is 45.3 Å². The Morgan fingerprint density at radius 1 is 1.28 bits per heavy atom. The Morgan fingerprint density at radius 3 is 2.44 bits per heavy atom. The third-order valence-electron chi connectivity index (χ3n) is 2.87. The van der Waals surface area contributed by atoms with Crippen molar-refractivity contribution >= 4 is 5.69 Å². The van der Waals surface area contributed by atoms with Crippen LogP contribution in [-0.2, 0) is 0 Å². The topological polar surface area (TPSA) is 41.3 Å². The van der Waals surface area contributed by atoms with Gasteiger partial charge in [-0.15, -0.1) is 11.8 Å². The Hall–Kier alpha value is -1.50. The monoisotopic (exact) mass is 245 g/mol. The van der Waals surface area contributed by atoms with Crippen LogP contribution in [-0.4, -0.2) is 27.2 Å². The first-order chi connectivity index (χ1) is 8.69. The van der Waals surface area contributed by atoms with Crippen molar-refractivity contribution < 1.29 is 0 Å². The molecule has 0 aromatic heterocycles. The number of anilines is 1. The van der Waals surface area contributed by atoms with E-state index in [-0.39, 0.29) is 6.04 Å². The average molecular weight is 245 g/mol. The Bertz CT molecular complexity index is 398. The Labute approximate surface area is 110 Å². The fourth-order valence-corrected chi connectivity index (χ4v) is 1.78. The summed E-state index contributed by atoms with van der Waals surface area (Å²) in [4.78, 5) is 2.09. The molecule has 0 saturated carbocycles. The minimum absolute atomic E-state index is 0.208. The van der Waals surface area contributed by atoms with Gasteiger partial charge in [-0.1, -0.05) is 12.1 Å². The van der Waals surface area contributed by atoms with Gasteiger partial charge in [-0.3, -0.25) is 0 Å². The first-order valence-corrected chi connectivity index (χ1v) is 6.29. The molecule has 0 heterocycles. The number of benzene rings is 1. The van der Waals surface area contributed by atoms with Crippen LogP contribution >= 0.6 is 0 Å². The zero-order valence-corrected chi connectivity index (χ0v) is 11.5. The zero-order chi connectivity index (χ0) is 13.4. The van der Waals surface area contributed by atoms with Gasteiger partial charge in [0.05, 0.1) is 0 Å². The Balaban J connectivity index is 2.60. The Kier molecular flexibility index (Phi) is 6.27. The Morgan fingerprint density at radius 2 is 1.94 bits per heavy atom. The van der Waals surface area contributed by atoms with Crippen LogP contribution in [0, 0.1) is 11.8 Å². The van der Waals surface area contributed by atoms with Crippen LogP contribution in [0.4, 0.5) is 5.69 Å². The van der Waals surface area contributed by atoms with E-state index < -0.39 is 0 Å². The summed E-state index contributed by atoms with van der Waals surface area (Å²) in [6.45, 7) is 3.33. The van der Waals surface area contributed by atoms with Gasteiger partial charge >= 0.3 is 0 Å². The highest BCUT2D eigenvalue weighted by molar-refractivity contribution is 5.46. The van der Waals surface area contributed by atoms with E-state index in [1.54, 1.807) is 0 Å². The lowest BCUT2D eigenvalue weighted by Crippen LogP contribution is -2.28. The molecule has 1 aromatic rings. The third kappa shape index (κ3) is 4.40. The lowest BCUT2D eigenvalue weighted by Gasteiger charge is -2.18. The van der Waals surface area contributed by atoms with Crippen molar-refractivity contribution in [3.63, 3.8) is 0 Å². The summed E-state index contributed by atoms with van der Waals surface area (Å²) in [5.41, 5.74) is 8.24. The fourth-order valence-electron chi connectivity index (χ4n) is 1.78. The average Bonchev–Trinajstić information content (AvgIpc) is 2.39. The summed E-state index contributed by atoms with van der Waals surface area (Å²) in [6, 6.07) is 8.70. The summed E-state index contributed by atoms with van der Waals surface area (Å²) in [5, 5.41) is 3.43. The number of nitrogens with one attached hydrogen (secondary N) is 1. The summed E-state index contributed by atoms with van der Waals surface area (Å²) < 4.78 is 0. The standard InChI is InChI=1S/C15H23N3/c1-4-5-6-11-17-15(12-16)13-7-9-14(10-8-13)18(2)3/h7-10,15,17H,6,11-12,16H2,1-3H3. The molecule has 98 valence electrons. The molecular formula is C15H23N3. The highest BCUT2D eigenvalue weighted by atomic mass is 15.1. The normalized spacial score (nSPS) is 11.6. The third-order valence-corrected chi connectivity index (χ3v) is 2.87. The molecule has 0 bridgehead atoms. The van der Waals surface area contributed by atoms with Gasteiger partial charge in [-0.25, -0.2) is 0 Å². The molecular weight excluding hydrogens is 222 g/mol. The molecule has 0 amide bonds. The van der Waals surface area contributed by atoms with Crippen molar-refractivity contribution in [2.75, 3.05) is 32.1 Å². The number of hydrogen-bond donors (Lipinski definition) is 2. The maximum Gasteiger partial charge on any atom is 0.0444 e. The molecule has 0 aliphatic carbocycles. The minimum Gasteiger partial charge on any atom is -0.378 e. The summed E-state index contributed by atoms with van der Waals surface area (Å²) >= 11 is 0. The van der Waals surface area contributed by atoms with E-state index in [0.717, 1.165) is 13.0 Å². The van der Waals surface area contributed by atoms with Crippen LogP contribution in [0.2, 0.25) is 0 Å². The predicted molar refractivity (Wildman–Crippen MR) is 78.6 cm³/mol. The van der Waals surface area contributed by atoms with Crippen molar-refractivity contribution in [1.82, 2.24) is 5.32 Å². The van der Waals surface area contributed by atoms with Crippen molar-refractivity contribution in [1.29, 1.82) is 0 Å². The van der Waals surface area contributed by atoms with Crippen LogP contribution in [0.1, 0.15) is 24.9 Å². The van der Waals surface area contributed by atoms with Crippen LogP contribution in [0.15, 0.2) is 24.3 Å². The number of nitrogens with zero attached hydrogens (tertiary/aromatic N) is 1. The summed E-state index contributed by atoms with van der Waals surface area (Å²) in [5.74, 6) is 5.94. The van der Waals surface area contributed by atoms with Crippen LogP contribution < -0.4 is 16.0 Å². The molecule has 3 N–H and O–H groups in total. The van der Waals surface area contributed by atoms with Crippen LogP contribution in [0.25, 0.3) is 0 Å². The van der Waals surface area contributed by atoms with E-state index >= 15 is 0 Å². The van der Waals surface area contributed by atoms with E-state index in [4.69, 9.17) is 5.73 Å². The number of hydrogen-bond acceptors (Lipinski definition) is 3. The second kappa shape index (κ2) is 7.75. The van der Waals surface area contributed by atoms with E-state index in [1.165, 1.54) is 11.3 Å². The molecule has 0 spiro atoms. The second-order valence-corrected chi connectivity index (χ2v) is 4.41. The van der Waals surface area contributed by atoms with Crippen LogP contribution in [0.3, 0.4) is 0 Å². The molecule has 0 aliphatic heterocycles. The second-order valence-electron chi connectivity index (χ2n) is 4.41. The molecule has 0 radical (unpaired) electrons. The SMILES string of the molecule is CC#CCCNC(CN)c1ccc(N(C)C)cc1. The summed E-state index contributed by atoms with van der Waals surface area (Å²) in [6.07, 6.45) is 0.864. The first-order valence-electron chi connectivity index (χ1n) is 6.29. The molecule has 0 fully saturated rings. The highest BCUT2D eigenvalue weighted by Gasteiger charge is 2.08. The van der Waals surface area contributed by atoms with E-state index in [2.05, 4.69) is 46.3 Å². The molecule has 3 nitrogen and oxygen atoms in total. The van der Waals surface area contributed by atoms with Crippen LogP contribution in [0.5, 0.6) is 0 Å². The maximum atomic E-state index is 5.81. The van der Waals surface area contributed by atoms with Crippen molar-refractivity contribution in [2.24, 2.45) is 5.73 Å². The highest BCUT2D eigenvalue weighted by Crippen LogP contribution is 2.17.